The lowest BCUT2D eigenvalue weighted by molar-refractivity contribution is 1.01. The van der Waals surface area contributed by atoms with Gasteiger partial charge in [-0.25, -0.2) is 0 Å². The molecule has 0 atom stereocenters. The Morgan fingerprint density at radius 1 is 0.415 bits per heavy atom. The van der Waals surface area contributed by atoms with Crippen molar-refractivity contribution >= 4 is 38.4 Å². The topological polar surface area (TPSA) is 48.4 Å². The number of hydrogen-bond donors (Lipinski definition) is 0. The van der Waals surface area contributed by atoms with E-state index in [-0.39, 0.29) is 11.1 Å². The number of nitrogens with zero attached hydrogens (tertiary/aromatic N) is 3. The molecule has 0 aliphatic rings. The van der Waals surface area contributed by atoms with Gasteiger partial charge in [0.2, 0.25) is 0 Å². The molecule has 0 radical (unpaired) electrons. The Morgan fingerprint density at radius 3 is 1.59 bits per heavy atom. The van der Waals surface area contributed by atoms with Crippen LogP contribution in [0.5, 0.6) is 0 Å². The molecule has 5 aromatic carbocycles. The molecule has 8 aromatic rings. The standard InChI is InChI=1S/C36H23N3O2/c40-35-32-27-20-10-11-21-28(27)37(25-16-6-2-7-17-25)33(32)31(24-14-4-1-5-15-24)34-36(41)38(26-18-8-3-9-19-26)29-22-12-13-23-30(29)39(34)35/h1-23H. The lowest BCUT2D eigenvalue weighted by atomic mass is 10.0. The highest BCUT2D eigenvalue weighted by Gasteiger charge is 2.26. The van der Waals surface area contributed by atoms with Crippen molar-refractivity contribution in [3.05, 3.63) is 160 Å². The number of pyridine rings is 1. The summed E-state index contributed by atoms with van der Waals surface area (Å²) >= 11 is 0. The average molecular weight is 530 g/mol. The molecule has 0 spiro atoms. The summed E-state index contributed by atoms with van der Waals surface area (Å²) in [5.41, 5.74) is 6.10. The summed E-state index contributed by atoms with van der Waals surface area (Å²) in [5.74, 6) is 0. The van der Waals surface area contributed by atoms with Gasteiger partial charge >= 0.3 is 0 Å². The first kappa shape index (κ1) is 23.2. The van der Waals surface area contributed by atoms with Gasteiger partial charge in [0.15, 0.2) is 0 Å². The van der Waals surface area contributed by atoms with Crippen LogP contribution in [-0.2, 0) is 0 Å². The Morgan fingerprint density at radius 2 is 0.927 bits per heavy atom. The van der Waals surface area contributed by atoms with Crippen molar-refractivity contribution in [2.75, 3.05) is 0 Å². The molecular weight excluding hydrogens is 506 g/mol. The normalized spacial score (nSPS) is 11.6. The van der Waals surface area contributed by atoms with Crippen LogP contribution in [0, 0.1) is 0 Å². The van der Waals surface area contributed by atoms with E-state index in [0.29, 0.717) is 21.9 Å². The third-order valence-corrected chi connectivity index (χ3v) is 7.85. The number of hydrogen-bond acceptors (Lipinski definition) is 2. The number of rotatable bonds is 3. The van der Waals surface area contributed by atoms with Crippen LogP contribution in [0.4, 0.5) is 0 Å². The highest BCUT2D eigenvalue weighted by Crippen LogP contribution is 2.38. The van der Waals surface area contributed by atoms with E-state index >= 15 is 0 Å². The van der Waals surface area contributed by atoms with Crippen molar-refractivity contribution < 1.29 is 0 Å². The Labute approximate surface area is 234 Å². The summed E-state index contributed by atoms with van der Waals surface area (Å²) < 4.78 is 5.47. The fraction of sp³-hybridized carbons (Fsp3) is 0. The van der Waals surface area contributed by atoms with Gasteiger partial charge in [-0.15, -0.1) is 0 Å². The van der Waals surface area contributed by atoms with Gasteiger partial charge in [-0.3, -0.25) is 18.6 Å². The molecule has 0 aliphatic heterocycles. The number of aromatic nitrogens is 3. The molecule has 0 saturated carbocycles. The van der Waals surface area contributed by atoms with Crippen LogP contribution in [0.25, 0.3) is 60.9 Å². The molecule has 0 aliphatic carbocycles. The Balaban J connectivity index is 1.75. The summed E-state index contributed by atoms with van der Waals surface area (Å²) in [4.78, 5) is 29.5. The van der Waals surface area contributed by atoms with Crippen LogP contribution >= 0.6 is 0 Å². The largest absolute Gasteiger partial charge is 0.308 e. The van der Waals surface area contributed by atoms with Crippen molar-refractivity contribution in [2.45, 2.75) is 0 Å². The molecule has 3 aromatic heterocycles. The molecule has 0 fully saturated rings. The summed E-state index contributed by atoms with van der Waals surface area (Å²) in [6.07, 6.45) is 0. The molecular formula is C36H23N3O2. The van der Waals surface area contributed by atoms with Gasteiger partial charge in [0, 0.05) is 22.3 Å². The Hall–Kier alpha value is -5.68. The van der Waals surface area contributed by atoms with Gasteiger partial charge in [-0.2, -0.15) is 0 Å². The maximum absolute atomic E-state index is 14.8. The van der Waals surface area contributed by atoms with E-state index in [0.717, 1.165) is 38.9 Å². The van der Waals surface area contributed by atoms with Gasteiger partial charge < -0.3 is 4.57 Å². The van der Waals surface area contributed by atoms with Crippen LogP contribution in [0.1, 0.15) is 0 Å². The molecule has 194 valence electrons. The van der Waals surface area contributed by atoms with Crippen LogP contribution < -0.4 is 11.1 Å². The first-order valence-corrected chi connectivity index (χ1v) is 13.6. The molecule has 0 amide bonds. The van der Waals surface area contributed by atoms with Crippen LogP contribution in [-0.4, -0.2) is 13.5 Å². The van der Waals surface area contributed by atoms with Gasteiger partial charge in [0.25, 0.3) is 11.1 Å². The van der Waals surface area contributed by atoms with Gasteiger partial charge in [-0.1, -0.05) is 97.1 Å². The summed E-state index contributed by atoms with van der Waals surface area (Å²) in [7, 11) is 0. The molecule has 8 rings (SSSR count). The van der Waals surface area contributed by atoms with Crippen molar-refractivity contribution in [1.82, 2.24) is 13.5 Å². The molecule has 0 unspecified atom stereocenters. The maximum atomic E-state index is 14.8. The average Bonchev–Trinajstić information content (AvgIpc) is 3.38. The maximum Gasteiger partial charge on any atom is 0.280 e. The highest BCUT2D eigenvalue weighted by molar-refractivity contribution is 6.16. The molecule has 5 nitrogen and oxygen atoms in total. The molecule has 0 saturated heterocycles. The number of para-hydroxylation sites is 5. The van der Waals surface area contributed by atoms with E-state index in [2.05, 4.69) is 4.57 Å². The number of fused-ring (bicyclic) bond motifs is 6. The van der Waals surface area contributed by atoms with Crippen molar-refractivity contribution in [1.29, 1.82) is 0 Å². The lowest BCUT2D eigenvalue weighted by Gasteiger charge is -2.18. The second-order valence-electron chi connectivity index (χ2n) is 10.1. The minimum absolute atomic E-state index is 0.214. The zero-order valence-corrected chi connectivity index (χ0v) is 21.9. The molecule has 5 heteroatoms. The highest BCUT2D eigenvalue weighted by atomic mass is 16.1. The minimum atomic E-state index is -0.252. The fourth-order valence-corrected chi connectivity index (χ4v) is 6.18. The predicted molar refractivity (Wildman–Crippen MR) is 167 cm³/mol. The third kappa shape index (κ3) is 3.29. The van der Waals surface area contributed by atoms with E-state index in [1.165, 1.54) is 0 Å². The molecule has 41 heavy (non-hydrogen) atoms. The molecule has 3 heterocycles. The molecule has 0 bridgehead atoms. The third-order valence-electron chi connectivity index (χ3n) is 7.85. The van der Waals surface area contributed by atoms with E-state index in [9.17, 15) is 9.59 Å². The van der Waals surface area contributed by atoms with Crippen LogP contribution in [0.2, 0.25) is 0 Å². The van der Waals surface area contributed by atoms with Gasteiger partial charge in [0.1, 0.15) is 5.52 Å². The second kappa shape index (κ2) is 8.93. The number of benzene rings is 5. The summed E-state index contributed by atoms with van der Waals surface area (Å²) in [5, 5.41) is 1.43. The summed E-state index contributed by atoms with van der Waals surface area (Å²) in [6, 6.07) is 45.1. The van der Waals surface area contributed by atoms with Crippen LogP contribution in [0.15, 0.2) is 149 Å². The first-order valence-electron chi connectivity index (χ1n) is 13.6. The fourth-order valence-electron chi connectivity index (χ4n) is 6.18. The SMILES string of the molecule is O=c1c2c(-c3ccccc3)c3c(c(=O)n2c2ccccc2n1-c1ccccc1)c1ccccc1n3-c1ccccc1. The Kier molecular flexibility index (Phi) is 5.06. The summed E-state index contributed by atoms with van der Waals surface area (Å²) in [6.45, 7) is 0. The van der Waals surface area contributed by atoms with Gasteiger partial charge in [-0.05, 0) is 48.0 Å². The smallest absolute Gasteiger partial charge is 0.280 e. The van der Waals surface area contributed by atoms with E-state index < -0.39 is 0 Å². The Bertz CT molecular complexity index is 2380. The van der Waals surface area contributed by atoms with Crippen molar-refractivity contribution in [3.8, 4) is 22.5 Å². The quantitative estimate of drug-likeness (QED) is 0.224. The van der Waals surface area contributed by atoms with E-state index in [1.807, 2.05) is 140 Å². The van der Waals surface area contributed by atoms with E-state index in [4.69, 9.17) is 0 Å². The van der Waals surface area contributed by atoms with E-state index in [1.54, 1.807) is 8.97 Å². The van der Waals surface area contributed by atoms with Crippen molar-refractivity contribution in [2.24, 2.45) is 0 Å². The predicted octanol–water partition coefficient (Wildman–Crippen LogP) is 7.37. The zero-order valence-electron chi connectivity index (χ0n) is 21.9. The molecule has 0 N–H and O–H groups in total. The first-order chi connectivity index (χ1) is 20.2. The monoisotopic (exact) mass is 529 g/mol. The van der Waals surface area contributed by atoms with Crippen LogP contribution in [0.3, 0.4) is 0 Å². The minimum Gasteiger partial charge on any atom is -0.308 e. The van der Waals surface area contributed by atoms with Gasteiger partial charge in [0.05, 0.1) is 27.5 Å². The zero-order chi connectivity index (χ0) is 27.5. The second-order valence-corrected chi connectivity index (χ2v) is 10.1. The lowest BCUT2D eigenvalue weighted by Crippen LogP contribution is -2.28. The van der Waals surface area contributed by atoms with Crippen molar-refractivity contribution in [3.63, 3.8) is 0 Å².